The third kappa shape index (κ3) is 9.51. The molecule has 0 aromatic carbocycles. The molecule has 0 aromatic rings. The van der Waals surface area contributed by atoms with Crippen LogP contribution in [0.3, 0.4) is 0 Å². The molecule has 0 atom stereocenters. The smallest absolute Gasteiger partial charge is 0.106 e. The van der Waals surface area contributed by atoms with Crippen LogP contribution in [0, 0.1) is 0 Å². The van der Waals surface area contributed by atoms with E-state index in [4.69, 9.17) is 20.1 Å². The Hall–Kier alpha value is -0.490. The first-order chi connectivity index (χ1) is 5.85. The monoisotopic (exact) mass is 179 g/mol. The van der Waals surface area contributed by atoms with Crippen LogP contribution in [0.4, 0.5) is 0 Å². The van der Waals surface area contributed by atoms with Crippen molar-refractivity contribution in [1.29, 1.82) is 0 Å². The molecule has 74 valence electrons. The van der Waals surface area contributed by atoms with E-state index in [1.807, 2.05) is 6.79 Å². The van der Waals surface area contributed by atoms with E-state index in [1.54, 1.807) is 4.90 Å². The molecule has 0 rings (SSSR count). The summed E-state index contributed by atoms with van der Waals surface area (Å²) < 4.78 is 0. The van der Waals surface area contributed by atoms with Crippen molar-refractivity contribution in [2.45, 2.75) is 0 Å². The average molecular weight is 179 g/mol. The van der Waals surface area contributed by atoms with Gasteiger partial charge in [0.15, 0.2) is 0 Å². The van der Waals surface area contributed by atoms with Gasteiger partial charge < -0.3 is 20.1 Å². The fraction of sp³-hybridized carbons (Fsp3) is 0.857. The molecule has 0 saturated heterocycles. The predicted molar refractivity (Wildman–Crippen MR) is 44.8 cm³/mol. The van der Waals surface area contributed by atoms with Crippen molar-refractivity contribution in [2.24, 2.45) is 0 Å². The van der Waals surface area contributed by atoms with Crippen molar-refractivity contribution in [3.05, 3.63) is 0 Å². The molecular formula is C7H17NO4. The first-order valence-electron chi connectivity index (χ1n) is 3.69. The Morgan fingerprint density at radius 3 is 1.25 bits per heavy atom. The number of hydrogen-bond acceptors (Lipinski definition) is 5. The van der Waals surface area contributed by atoms with Crippen LogP contribution in [-0.2, 0) is 4.79 Å². The summed E-state index contributed by atoms with van der Waals surface area (Å²) in [5.41, 5.74) is 0. The van der Waals surface area contributed by atoms with Gasteiger partial charge in [-0.05, 0) is 0 Å². The van der Waals surface area contributed by atoms with Gasteiger partial charge in [0.1, 0.15) is 6.79 Å². The van der Waals surface area contributed by atoms with Crippen molar-refractivity contribution < 1.29 is 20.1 Å². The fourth-order valence-electron chi connectivity index (χ4n) is 0.760. The fourth-order valence-corrected chi connectivity index (χ4v) is 0.760. The van der Waals surface area contributed by atoms with Crippen LogP contribution in [0.1, 0.15) is 0 Å². The number of carbonyl (C=O) groups excluding carboxylic acids is 1. The summed E-state index contributed by atoms with van der Waals surface area (Å²) in [6, 6.07) is 0. The zero-order valence-corrected chi connectivity index (χ0v) is 7.15. The van der Waals surface area contributed by atoms with Gasteiger partial charge in [-0.3, -0.25) is 4.90 Å². The third-order valence-corrected chi connectivity index (χ3v) is 1.25. The van der Waals surface area contributed by atoms with Gasteiger partial charge in [0.2, 0.25) is 0 Å². The van der Waals surface area contributed by atoms with E-state index >= 15 is 0 Å². The maximum absolute atomic E-state index is 8.48. The van der Waals surface area contributed by atoms with Crippen molar-refractivity contribution in [3.63, 3.8) is 0 Å². The largest absolute Gasteiger partial charge is 0.395 e. The molecule has 0 amide bonds. The molecule has 0 aliphatic heterocycles. The molecule has 3 N–H and O–H groups in total. The summed E-state index contributed by atoms with van der Waals surface area (Å²) in [5.74, 6) is 0. The quantitative estimate of drug-likeness (QED) is 0.443. The Bertz CT molecular complexity index is 67.5. The highest BCUT2D eigenvalue weighted by atomic mass is 16.3. The van der Waals surface area contributed by atoms with Gasteiger partial charge in [0, 0.05) is 19.6 Å². The number of aliphatic hydroxyl groups excluding tert-OH is 3. The van der Waals surface area contributed by atoms with Crippen LogP contribution in [-0.4, -0.2) is 66.5 Å². The van der Waals surface area contributed by atoms with Crippen LogP contribution in [0.2, 0.25) is 0 Å². The highest BCUT2D eigenvalue weighted by Crippen LogP contribution is 1.84. The molecule has 0 aliphatic rings. The van der Waals surface area contributed by atoms with Crippen LogP contribution in [0.15, 0.2) is 0 Å². The Balaban J connectivity index is 0. The van der Waals surface area contributed by atoms with Crippen molar-refractivity contribution >= 4 is 6.79 Å². The van der Waals surface area contributed by atoms with Gasteiger partial charge in [-0.15, -0.1) is 0 Å². The van der Waals surface area contributed by atoms with Crippen molar-refractivity contribution in [1.82, 2.24) is 4.90 Å². The number of nitrogens with zero attached hydrogens (tertiary/aromatic N) is 1. The molecule has 5 nitrogen and oxygen atoms in total. The summed E-state index contributed by atoms with van der Waals surface area (Å²) in [6.45, 7) is 3.75. The molecule has 0 heterocycles. The zero-order valence-electron chi connectivity index (χ0n) is 7.15. The summed E-state index contributed by atoms with van der Waals surface area (Å²) >= 11 is 0. The Labute approximate surface area is 72.2 Å². The molecule has 0 unspecified atom stereocenters. The first kappa shape index (κ1) is 14.1. The van der Waals surface area contributed by atoms with Crippen molar-refractivity contribution in [3.8, 4) is 0 Å². The van der Waals surface area contributed by atoms with Gasteiger partial charge in [-0.1, -0.05) is 0 Å². The minimum atomic E-state index is 0.0694. The normalized spacial score (nSPS) is 9.33. The number of aliphatic hydroxyl groups is 3. The molecule has 0 aromatic heterocycles. The van der Waals surface area contributed by atoms with Crippen LogP contribution < -0.4 is 0 Å². The van der Waals surface area contributed by atoms with Crippen LogP contribution >= 0.6 is 0 Å². The van der Waals surface area contributed by atoms with E-state index in [9.17, 15) is 0 Å². The van der Waals surface area contributed by atoms with Gasteiger partial charge in [-0.2, -0.15) is 0 Å². The molecule has 5 heteroatoms. The third-order valence-electron chi connectivity index (χ3n) is 1.25. The SMILES string of the molecule is C=O.OCCN(CCO)CCO. The molecular weight excluding hydrogens is 162 g/mol. The molecule has 0 radical (unpaired) electrons. The predicted octanol–water partition coefficient (Wildman–Crippen LogP) is -1.92. The summed E-state index contributed by atoms with van der Waals surface area (Å²) in [4.78, 5) is 9.79. The van der Waals surface area contributed by atoms with E-state index in [0.29, 0.717) is 19.6 Å². The molecule has 12 heavy (non-hydrogen) atoms. The summed E-state index contributed by atoms with van der Waals surface area (Å²) in [7, 11) is 0. The van der Waals surface area contributed by atoms with E-state index in [0.717, 1.165) is 0 Å². The zero-order chi connectivity index (χ0) is 9.82. The first-order valence-corrected chi connectivity index (χ1v) is 3.69. The molecule has 0 fully saturated rings. The van der Waals surface area contributed by atoms with Crippen LogP contribution in [0.5, 0.6) is 0 Å². The second-order valence-electron chi connectivity index (χ2n) is 2.01. The summed E-state index contributed by atoms with van der Waals surface area (Å²) in [5, 5.41) is 25.5. The highest BCUT2D eigenvalue weighted by Gasteiger charge is 2.00. The van der Waals surface area contributed by atoms with E-state index < -0.39 is 0 Å². The minimum absolute atomic E-state index is 0.0694. The van der Waals surface area contributed by atoms with Gasteiger partial charge in [0.25, 0.3) is 0 Å². The topological polar surface area (TPSA) is 81.0 Å². The highest BCUT2D eigenvalue weighted by molar-refractivity contribution is 5.10. The maximum Gasteiger partial charge on any atom is 0.106 e. The summed E-state index contributed by atoms with van der Waals surface area (Å²) in [6.07, 6.45) is 0. The number of rotatable bonds is 6. The molecule has 0 spiro atoms. The lowest BCUT2D eigenvalue weighted by Gasteiger charge is -2.17. The van der Waals surface area contributed by atoms with Crippen molar-refractivity contribution in [2.75, 3.05) is 39.5 Å². The maximum atomic E-state index is 8.48. The van der Waals surface area contributed by atoms with E-state index in [1.165, 1.54) is 0 Å². The Morgan fingerprint density at radius 1 is 0.833 bits per heavy atom. The molecule has 0 saturated carbocycles. The van der Waals surface area contributed by atoms with E-state index in [-0.39, 0.29) is 19.8 Å². The standard InChI is InChI=1S/C6H15NO3.CH2O/c8-4-1-7(2-5-9)3-6-10;1-2/h8-10H,1-6H2;1H2. The lowest BCUT2D eigenvalue weighted by atomic mass is 10.4. The van der Waals surface area contributed by atoms with Crippen LogP contribution in [0.25, 0.3) is 0 Å². The van der Waals surface area contributed by atoms with Gasteiger partial charge in [-0.25, -0.2) is 0 Å². The second kappa shape index (κ2) is 13.1. The lowest BCUT2D eigenvalue weighted by molar-refractivity contribution is -0.0979. The van der Waals surface area contributed by atoms with E-state index in [2.05, 4.69) is 0 Å². The average Bonchev–Trinajstić information content (AvgIpc) is 2.10. The Morgan fingerprint density at radius 2 is 1.08 bits per heavy atom. The number of carbonyl (C=O) groups is 1. The lowest BCUT2D eigenvalue weighted by Crippen LogP contribution is -2.32. The Kier molecular flexibility index (Phi) is 15.4. The second-order valence-corrected chi connectivity index (χ2v) is 2.01. The molecule has 0 aliphatic carbocycles. The number of hydrogen-bond donors (Lipinski definition) is 3. The van der Waals surface area contributed by atoms with Gasteiger partial charge >= 0.3 is 0 Å². The minimum Gasteiger partial charge on any atom is -0.395 e. The van der Waals surface area contributed by atoms with Gasteiger partial charge in [0.05, 0.1) is 19.8 Å². The molecule has 0 bridgehead atoms.